The number of aromatic nitrogens is 1. The van der Waals surface area contributed by atoms with Gasteiger partial charge in [0.25, 0.3) is 0 Å². The Hall–Kier alpha value is -1.05. The molecule has 3 rings (SSSR count). The molecule has 4 nitrogen and oxygen atoms in total. The third-order valence-electron chi connectivity index (χ3n) is 4.36. The van der Waals surface area contributed by atoms with Gasteiger partial charge in [0.15, 0.2) is 0 Å². The van der Waals surface area contributed by atoms with Crippen LogP contribution in [0.4, 0.5) is 19.0 Å². The van der Waals surface area contributed by atoms with Crippen molar-refractivity contribution < 1.29 is 22.6 Å². The minimum absolute atomic E-state index is 0.0339. The molecule has 8 heteroatoms. The van der Waals surface area contributed by atoms with Crippen molar-refractivity contribution in [3.05, 3.63) is 22.8 Å². The number of ether oxygens (including phenoxy) is 2. The monoisotopic (exact) mass is 336 g/mol. The van der Waals surface area contributed by atoms with Gasteiger partial charge in [-0.05, 0) is 12.5 Å². The third-order valence-corrected chi connectivity index (χ3v) is 4.65. The van der Waals surface area contributed by atoms with Crippen LogP contribution in [0, 0.1) is 11.8 Å². The van der Waals surface area contributed by atoms with Crippen molar-refractivity contribution in [2.45, 2.75) is 24.7 Å². The average Bonchev–Trinajstić information content (AvgIpc) is 2.86. The third kappa shape index (κ3) is 2.77. The lowest BCUT2D eigenvalue weighted by Gasteiger charge is -2.47. The largest absolute Gasteiger partial charge is 0.417 e. The molecule has 1 saturated carbocycles. The molecule has 2 fully saturated rings. The lowest BCUT2D eigenvalue weighted by Crippen LogP contribution is -2.58. The highest BCUT2D eigenvalue weighted by atomic mass is 35.5. The molecule has 4 atom stereocenters. The first-order chi connectivity index (χ1) is 10.4. The van der Waals surface area contributed by atoms with E-state index in [0.29, 0.717) is 19.1 Å². The molecule has 0 amide bonds. The zero-order valence-electron chi connectivity index (χ0n) is 11.9. The molecule has 0 aromatic carbocycles. The summed E-state index contributed by atoms with van der Waals surface area (Å²) in [6.07, 6.45) is -2.60. The summed E-state index contributed by atoms with van der Waals surface area (Å²) in [7, 11) is 1.61. The predicted octanol–water partition coefficient (Wildman–Crippen LogP) is 3.22. The highest BCUT2D eigenvalue weighted by molar-refractivity contribution is 6.33. The van der Waals surface area contributed by atoms with Gasteiger partial charge in [-0.1, -0.05) is 11.6 Å². The molecule has 1 N–H and O–H groups in total. The van der Waals surface area contributed by atoms with E-state index in [4.69, 9.17) is 21.1 Å². The summed E-state index contributed by atoms with van der Waals surface area (Å²) in [6.45, 7) is 1.22. The number of nitrogens with zero attached hydrogens (tertiary/aromatic N) is 1. The van der Waals surface area contributed by atoms with E-state index in [9.17, 15) is 13.2 Å². The van der Waals surface area contributed by atoms with Crippen LogP contribution in [0.2, 0.25) is 5.02 Å². The summed E-state index contributed by atoms with van der Waals surface area (Å²) in [6, 6.07) is 0.943. The number of halogens is 4. The molecular weight excluding hydrogens is 321 g/mol. The minimum atomic E-state index is -4.45. The number of pyridine rings is 1. The van der Waals surface area contributed by atoms with Crippen molar-refractivity contribution in [2.24, 2.45) is 11.8 Å². The van der Waals surface area contributed by atoms with Crippen LogP contribution in [-0.2, 0) is 15.7 Å². The molecule has 0 radical (unpaired) electrons. The second kappa shape index (κ2) is 5.86. The first kappa shape index (κ1) is 15.8. The van der Waals surface area contributed by atoms with Gasteiger partial charge in [-0.15, -0.1) is 0 Å². The van der Waals surface area contributed by atoms with E-state index in [1.54, 1.807) is 7.11 Å². The summed E-state index contributed by atoms with van der Waals surface area (Å²) < 4.78 is 48.7. The zero-order valence-corrected chi connectivity index (χ0v) is 12.6. The second-order valence-electron chi connectivity index (χ2n) is 5.63. The Balaban J connectivity index is 1.75. The highest BCUT2D eigenvalue weighted by Crippen LogP contribution is 2.45. The van der Waals surface area contributed by atoms with Crippen molar-refractivity contribution >= 4 is 17.4 Å². The maximum absolute atomic E-state index is 12.6. The summed E-state index contributed by atoms with van der Waals surface area (Å²) in [4.78, 5) is 3.83. The Morgan fingerprint density at radius 1 is 1.50 bits per heavy atom. The van der Waals surface area contributed by atoms with Crippen molar-refractivity contribution in [1.82, 2.24) is 4.98 Å². The van der Waals surface area contributed by atoms with E-state index < -0.39 is 11.7 Å². The summed E-state index contributed by atoms with van der Waals surface area (Å²) in [5.74, 6) is 0.740. The van der Waals surface area contributed by atoms with Crippen LogP contribution in [0.3, 0.4) is 0 Å². The van der Waals surface area contributed by atoms with Gasteiger partial charge in [0, 0.05) is 37.8 Å². The molecular formula is C14H16ClF3N2O2. The molecule has 1 aromatic rings. The average molecular weight is 337 g/mol. The number of hydrogen-bond acceptors (Lipinski definition) is 4. The number of nitrogens with one attached hydrogen (secondary N) is 1. The van der Waals surface area contributed by atoms with Crippen LogP contribution in [0.15, 0.2) is 12.3 Å². The van der Waals surface area contributed by atoms with Crippen LogP contribution < -0.4 is 5.32 Å². The fourth-order valence-corrected chi connectivity index (χ4v) is 3.51. The lowest BCUT2D eigenvalue weighted by molar-refractivity contribution is -0.137. The highest BCUT2D eigenvalue weighted by Gasteiger charge is 2.54. The first-order valence-electron chi connectivity index (χ1n) is 7.01. The fourth-order valence-electron chi connectivity index (χ4n) is 3.29. The van der Waals surface area contributed by atoms with Crippen molar-refractivity contribution in [3.63, 3.8) is 0 Å². The Labute approximate surface area is 131 Å². The summed E-state index contributed by atoms with van der Waals surface area (Å²) in [5.41, 5.74) is -0.854. The van der Waals surface area contributed by atoms with Crippen LogP contribution in [-0.4, -0.2) is 37.5 Å². The first-order valence-corrected chi connectivity index (χ1v) is 7.39. The van der Waals surface area contributed by atoms with Crippen LogP contribution in [0.1, 0.15) is 12.0 Å². The smallest absolute Gasteiger partial charge is 0.384 e. The normalized spacial score (nSPS) is 30.8. The minimum Gasteiger partial charge on any atom is -0.384 e. The van der Waals surface area contributed by atoms with Gasteiger partial charge in [-0.2, -0.15) is 13.2 Å². The van der Waals surface area contributed by atoms with E-state index in [1.807, 2.05) is 0 Å². The van der Waals surface area contributed by atoms with E-state index >= 15 is 0 Å². The van der Waals surface area contributed by atoms with Gasteiger partial charge in [-0.3, -0.25) is 0 Å². The molecule has 1 aliphatic heterocycles. The van der Waals surface area contributed by atoms with E-state index in [0.717, 1.165) is 18.7 Å². The second-order valence-corrected chi connectivity index (χ2v) is 6.04. The van der Waals surface area contributed by atoms with Gasteiger partial charge in [-0.25, -0.2) is 4.98 Å². The number of rotatable bonds is 4. The summed E-state index contributed by atoms with van der Waals surface area (Å²) in [5, 5.41) is 3.13. The number of fused-ring (bicyclic) bond motifs is 1. The number of hydrogen-bond donors (Lipinski definition) is 1. The van der Waals surface area contributed by atoms with Crippen LogP contribution in [0.5, 0.6) is 0 Å². The molecule has 0 bridgehead atoms. The topological polar surface area (TPSA) is 43.4 Å². The SMILES string of the molecule is COC[C@@H]1[C@@H](Nc2ncc(C(F)(F)F)cc2Cl)[C@@H]2CCO[C@H]12. The Morgan fingerprint density at radius 3 is 2.91 bits per heavy atom. The van der Waals surface area contributed by atoms with Crippen molar-refractivity contribution in [2.75, 3.05) is 25.6 Å². The molecule has 1 saturated heterocycles. The Kier molecular flexibility index (Phi) is 4.22. The standard InChI is InChI=1S/C14H16ClF3N2O2/c1-21-6-9-11(8-2-3-22-12(8)9)20-13-10(15)4-7(5-19-13)14(16,17)18/h4-5,8-9,11-12H,2-3,6H2,1H3,(H,19,20)/t8-,9+,11-,12-/m0/s1. The van der Waals surface area contributed by atoms with Crippen LogP contribution in [0.25, 0.3) is 0 Å². The van der Waals surface area contributed by atoms with E-state index in [2.05, 4.69) is 10.3 Å². The Bertz CT molecular complexity index is 555. The quantitative estimate of drug-likeness (QED) is 0.917. The summed E-state index contributed by atoms with van der Waals surface area (Å²) >= 11 is 5.94. The van der Waals surface area contributed by atoms with Gasteiger partial charge >= 0.3 is 6.18 Å². The van der Waals surface area contributed by atoms with Gasteiger partial charge in [0.05, 0.1) is 23.3 Å². The predicted molar refractivity (Wildman–Crippen MR) is 74.9 cm³/mol. The van der Waals surface area contributed by atoms with Gasteiger partial charge in [0.2, 0.25) is 0 Å². The molecule has 22 heavy (non-hydrogen) atoms. The van der Waals surface area contributed by atoms with Gasteiger partial charge in [0.1, 0.15) is 5.82 Å². The van der Waals surface area contributed by atoms with Crippen molar-refractivity contribution in [3.8, 4) is 0 Å². The molecule has 0 unspecified atom stereocenters. The van der Waals surface area contributed by atoms with Crippen LogP contribution >= 0.6 is 11.6 Å². The lowest BCUT2D eigenvalue weighted by atomic mass is 9.67. The maximum atomic E-state index is 12.6. The number of methoxy groups -OCH3 is 1. The zero-order chi connectivity index (χ0) is 15.9. The van der Waals surface area contributed by atoms with E-state index in [-0.39, 0.29) is 28.9 Å². The van der Waals surface area contributed by atoms with Crippen molar-refractivity contribution in [1.29, 1.82) is 0 Å². The molecule has 1 aromatic heterocycles. The Morgan fingerprint density at radius 2 is 2.27 bits per heavy atom. The number of anilines is 1. The number of alkyl halides is 3. The fraction of sp³-hybridized carbons (Fsp3) is 0.643. The molecule has 0 spiro atoms. The van der Waals surface area contributed by atoms with Gasteiger partial charge < -0.3 is 14.8 Å². The maximum Gasteiger partial charge on any atom is 0.417 e. The molecule has 1 aliphatic carbocycles. The molecule has 2 heterocycles. The van der Waals surface area contributed by atoms with E-state index in [1.165, 1.54) is 0 Å². The molecule has 2 aliphatic rings. The molecule has 122 valence electrons.